The van der Waals surface area contributed by atoms with Crippen LogP contribution >= 0.6 is 0 Å². The first-order valence-electron chi connectivity index (χ1n) is 3.29. The van der Waals surface area contributed by atoms with Crippen LogP contribution in [-0.2, 0) is 34.7 Å². The van der Waals surface area contributed by atoms with Crippen molar-refractivity contribution in [2.45, 2.75) is 0 Å². The van der Waals surface area contributed by atoms with Gasteiger partial charge >= 0.3 is 34.7 Å². The molecule has 0 heterocycles. The van der Waals surface area contributed by atoms with Crippen molar-refractivity contribution < 1.29 is 70.7 Å². The van der Waals surface area contributed by atoms with E-state index in [9.17, 15) is 0 Å². The van der Waals surface area contributed by atoms with Crippen LogP contribution in [0.5, 0.6) is 0 Å². The summed E-state index contributed by atoms with van der Waals surface area (Å²) in [6, 6.07) is 0. The van der Waals surface area contributed by atoms with Gasteiger partial charge in [-0.25, -0.2) is 0 Å². The molecule has 0 aromatic heterocycles. The zero-order chi connectivity index (χ0) is 21.5. The molecule has 0 fully saturated rings. The molecular formula is H2Cr2N6O19. The summed E-state index contributed by atoms with van der Waals surface area (Å²) in [5, 5.41) is 88.5. The Morgan fingerprint density at radius 1 is 0.296 bits per heavy atom. The van der Waals surface area contributed by atoms with Gasteiger partial charge in [0, 0.05) is 0 Å². The van der Waals surface area contributed by atoms with Gasteiger partial charge in [0.15, 0.2) is 0 Å². The van der Waals surface area contributed by atoms with E-state index in [2.05, 4.69) is 0 Å². The molecule has 0 aliphatic rings. The Morgan fingerprint density at radius 3 is 0.296 bits per heavy atom. The maximum Gasteiger partial charge on any atom is 3.00 e. The summed E-state index contributed by atoms with van der Waals surface area (Å²) in [7, 11) is 0. The molecule has 0 atom stereocenters. The van der Waals surface area contributed by atoms with Crippen molar-refractivity contribution in [1.29, 1.82) is 0 Å². The molecule has 0 bridgehead atoms. The normalized spacial score (nSPS) is 5.33. The van der Waals surface area contributed by atoms with Crippen LogP contribution in [0.25, 0.3) is 0 Å². The summed E-state index contributed by atoms with van der Waals surface area (Å²) < 4.78 is 0. The summed E-state index contributed by atoms with van der Waals surface area (Å²) >= 11 is 0. The number of rotatable bonds is 0. The quantitative estimate of drug-likeness (QED) is 0.253. The van der Waals surface area contributed by atoms with Crippen LogP contribution < -0.4 is 0 Å². The van der Waals surface area contributed by atoms with Crippen molar-refractivity contribution in [3.8, 4) is 0 Å². The van der Waals surface area contributed by atoms with E-state index in [0.717, 1.165) is 0 Å². The molecule has 27 heavy (non-hydrogen) atoms. The van der Waals surface area contributed by atoms with Gasteiger partial charge in [-0.05, 0) is 0 Å². The molecule has 0 saturated carbocycles. The molecule has 0 aliphatic heterocycles. The summed E-state index contributed by atoms with van der Waals surface area (Å²) in [5.41, 5.74) is 0. The first-order valence-corrected chi connectivity index (χ1v) is 3.29. The zero-order valence-electron chi connectivity index (χ0n) is 11.3. The summed E-state index contributed by atoms with van der Waals surface area (Å²) in [5.74, 6) is 0. The molecular weight excluding hydrogens is 492 g/mol. The number of hydrogen-bond donors (Lipinski definition) is 0. The van der Waals surface area contributed by atoms with E-state index < -0.39 is 30.5 Å². The molecule has 0 amide bonds. The van der Waals surface area contributed by atoms with Gasteiger partial charge < -0.3 is 97.4 Å². The molecule has 0 spiro atoms. The Labute approximate surface area is 163 Å². The summed E-state index contributed by atoms with van der Waals surface area (Å²) in [6.45, 7) is 0. The van der Waals surface area contributed by atoms with Gasteiger partial charge in [-0.1, -0.05) is 0 Å². The fourth-order valence-corrected chi connectivity index (χ4v) is 0. The average molecular weight is 494 g/mol. The third-order valence-electron chi connectivity index (χ3n) is 0. The van der Waals surface area contributed by atoms with Gasteiger partial charge in [0.05, 0.1) is 30.5 Å². The van der Waals surface area contributed by atoms with Gasteiger partial charge in [0.1, 0.15) is 0 Å². The minimum atomic E-state index is -1.75. The van der Waals surface area contributed by atoms with Crippen LogP contribution in [0.4, 0.5) is 0 Å². The van der Waals surface area contributed by atoms with E-state index in [1.165, 1.54) is 0 Å². The third kappa shape index (κ3) is 638. The van der Waals surface area contributed by atoms with Gasteiger partial charge in [-0.15, -0.1) is 0 Å². The second-order valence-corrected chi connectivity index (χ2v) is 1.34. The molecule has 2 radical (unpaired) electrons. The molecule has 0 aromatic rings. The molecule has 25 nitrogen and oxygen atoms in total. The van der Waals surface area contributed by atoms with E-state index in [0.29, 0.717) is 0 Å². The average Bonchev–Trinajstić information content (AvgIpc) is 2.08. The Bertz CT molecular complexity index is 261. The number of nitrogens with zero attached hydrogens (tertiary/aromatic N) is 6. The first-order chi connectivity index (χ1) is 10.4. The third-order valence-corrected chi connectivity index (χ3v) is 0. The Morgan fingerprint density at radius 2 is 0.296 bits per heavy atom. The van der Waals surface area contributed by atoms with Gasteiger partial charge in [-0.2, -0.15) is 0 Å². The van der Waals surface area contributed by atoms with Crippen molar-refractivity contribution in [3.05, 3.63) is 91.9 Å². The standard InChI is InChI=1S/2Cr.6NO3.H2O/c;;6*2-1(3)4;/h;;;;;;;;1H2/q2*+3;6*-1;. The van der Waals surface area contributed by atoms with E-state index in [4.69, 9.17) is 91.9 Å². The van der Waals surface area contributed by atoms with Gasteiger partial charge in [-0.3, -0.25) is 0 Å². The topological polar surface area (TPSA) is 429 Å². The van der Waals surface area contributed by atoms with E-state index >= 15 is 0 Å². The van der Waals surface area contributed by atoms with Crippen molar-refractivity contribution in [2.75, 3.05) is 0 Å². The second kappa shape index (κ2) is 49.5. The molecule has 0 unspecified atom stereocenters. The molecule has 0 saturated heterocycles. The molecule has 0 rings (SSSR count). The predicted molar refractivity (Wildman–Crippen MR) is 65.8 cm³/mol. The summed E-state index contributed by atoms with van der Waals surface area (Å²) in [6.07, 6.45) is 0. The van der Waals surface area contributed by atoms with E-state index in [1.54, 1.807) is 0 Å². The van der Waals surface area contributed by atoms with Crippen LogP contribution in [0.3, 0.4) is 0 Å². The van der Waals surface area contributed by atoms with Crippen molar-refractivity contribution in [2.24, 2.45) is 0 Å². The largest absolute Gasteiger partial charge is 3.00 e. The van der Waals surface area contributed by atoms with E-state index in [1.807, 2.05) is 0 Å². The maximum atomic E-state index is 8.25. The maximum absolute atomic E-state index is 8.25. The van der Waals surface area contributed by atoms with Crippen molar-refractivity contribution in [3.63, 3.8) is 0 Å². The SMILES string of the molecule is O.O=[N+]([O-])[O-].O=[N+]([O-])[O-].O=[N+]([O-])[O-].O=[N+]([O-])[O-].O=[N+]([O-])[O-].O=[N+]([O-])[O-].[Cr+3].[Cr+3]. The van der Waals surface area contributed by atoms with Crippen molar-refractivity contribution >= 4 is 0 Å². The Kier molecular flexibility index (Phi) is 104. The van der Waals surface area contributed by atoms with Gasteiger partial charge in [0.2, 0.25) is 0 Å². The van der Waals surface area contributed by atoms with E-state index in [-0.39, 0.29) is 40.2 Å². The fourth-order valence-electron chi connectivity index (χ4n) is 0. The molecule has 2 N–H and O–H groups in total. The molecule has 0 aromatic carbocycles. The monoisotopic (exact) mass is 494 g/mol. The number of hydrogen-bond acceptors (Lipinski definition) is 18. The van der Waals surface area contributed by atoms with Crippen LogP contribution in [0.2, 0.25) is 0 Å². The fraction of sp³-hybridized carbons (Fsp3) is 0. The predicted octanol–water partition coefficient (Wildman–Crippen LogP) is -2.26. The van der Waals surface area contributed by atoms with Crippen LogP contribution in [-0.4, -0.2) is 36.0 Å². The minimum absolute atomic E-state index is 0. The molecule has 0 aliphatic carbocycles. The first kappa shape index (κ1) is 56.7. The van der Waals surface area contributed by atoms with Gasteiger partial charge in [0.25, 0.3) is 0 Å². The minimum Gasteiger partial charge on any atom is -0.412 e. The molecule has 158 valence electrons. The smallest absolute Gasteiger partial charge is 0.412 e. The van der Waals surface area contributed by atoms with Crippen LogP contribution in [0.1, 0.15) is 0 Å². The second-order valence-electron chi connectivity index (χ2n) is 1.34. The molecule has 27 heteroatoms. The van der Waals surface area contributed by atoms with Crippen LogP contribution in [0, 0.1) is 91.9 Å². The Hall–Kier alpha value is -3.78. The Balaban J connectivity index is -0.0000000201. The zero-order valence-corrected chi connectivity index (χ0v) is 13.9. The summed E-state index contributed by atoms with van der Waals surface area (Å²) in [4.78, 5) is 49.5. The van der Waals surface area contributed by atoms with Crippen molar-refractivity contribution in [1.82, 2.24) is 0 Å². The van der Waals surface area contributed by atoms with Crippen LogP contribution in [0.15, 0.2) is 0 Å².